The van der Waals surface area contributed by atoms with Gasteiger partial charge in [0.1, 0.15) is 5.82 Å². The molecule has 0 atom stereocenters. The summed E-state index contributed by atoms with van der Waals surface area (Å²) in [6.07, 6.45) is 5.12. The maximum Gasteiger partial charge on any atom is 0.227 e. The van der Waals surface area contributed by atoms with Gasteiger partial charge < -0.3 is 14.9 Å². The summed E-state index contributed by atoms with van der Waals surface area (Å²) in [5.41, 5.74) is 1.04. The van der Waals surface area contributed by atoms with E-state index in [9.17, 15) is 0 Å². The SMILES string of the molecule is OCCN1CCN(c2nc(N3CCCCCC3)c3ccccc3n2)CC1. The third kappa shape index (κ3) is 3.76. The Morgan fingerprint density at radius 3 is 2.27 bits per heavy atom. The second-order valence-electron chi connectivity index (χ2n) is 7.32. The number of rotatable bonds is 4. The summed E-state index contributed by atoms with van der Waals surface area (Å²) in [5, 5.41) is 10.3. The Morgan fingerprint density at radius 1 is 0.808 bits per heavy atom. The van der Waals surface area contributed by atoms with Crippen molar-refractivity contribution in [2.75, 3.05) is 62.2 Å². The van der Waals surface area contributed by atoms with E-state index in [0.717, 1.165) is 68.5 Å². The van der Waals surface area contributed by atoms with Gasteiger partial charge in [-0.25, -0.2) is 4.98 Å². The summed E-state index contributed by atoms with van der Waals surface area (Å²) >= 11 is 0. The fourth-order valence-electron chi connectivity index (χ4n) is 4.03. The zero-order valence-corrected chi connectivity index (χ0v) is 15.5. The number of nitrogens with zero attached hydrogens (tertiary/aromatic N) is 5. The molecule has 2 aliphatic heterocycles. The number of β-amino-alcohol motifs (C(OH)–C–C–N with tert-alkyl or cyclic N) is 1. The van der Waals surface area contributed by atoms with Crippen LogP contribution >= 0.6 is 0 Å². The van der Waals surface area contributed by atoms with Gasteiger partial charge >= 0.3 is 0 Å². The lowest BCUT2D eigenvalue weighted by atomic mass is 10.2. The van der Waals surface area contributed by atoms with Crippen molar-refractivity contribution in [2.24, 2.45) is 0 Å². The molecule has 2 aromatic rings. The van der Waals surface area contributed by atoms with Crippen LogP contribution in [0.2, 0.25) is 0 Å². The molecule has 1 aromatic carbocycles. The van der Waals surface area contributed by atoms with Crippen molar-refractivity contribution in [3.05, 3.63) is 24.3 Å². The topological polar surface area (TPSA) is 55.7 Å². The number of aromatic nitrogens is 2. The van der Waals surface area contributed by atoms with Gasteiger partial charge in [0, 0.05) is 51.2 Å². The summed E-state index contributed by atoms with van der Waals surface area (Å²) in [5.74, 6) is 1.96. The molecule has 0 spiro atoms. The maximum absolute atomic E-state index is 9.14. The highest BCUT2D eigenvalue weighted by molar-refractivity contribution is 5.90. The second-order valence-corrected chi connectivity index (χ2v) is 7.32. The lowest BCUT2D eigenvalue weighted by molar-refractivity contribution is 0.188. The van der Waals surface area contributed by atoms with E-state index in [0.29, 0.717) is 0 Å². The fourth-order valence-corrected chi connectivity index (χ4v) is 4.03. The summed E-state index contributed by atoms with van der Waals surface area (Å²) in [7, 11) is 0. The van der Waals surface area contributed by atoms with Gasteiger partial charge in [0.05, 0.1) is 12.1 Å². The highest BCUT2D eigenvalue weighted by atomic mass is 16.3. The first-order chi connectivity index (χ1) is 12.8. The molecule has 0 unspecified atom stereocenters. The van der Waals surface area contributed by atoms with Gasteiger partial charge in [-0.2, -0.15) is 4.98 Å². The van der Waals surface area contributed by atoms with Crippen LogP contribution < -0.4 is 9.80 Å². The molecule has 2 fully saturated rings. The predicted octanol–water partition coefficient (Wildman–Crippen LogP) is 2.12. The minimum atomic E-state index is 0.228. The van der Waals surface area contributed by atoms with E-state index in [1.807, 2.05) is 0 Å². The van der Waals surface area contributed by atoms with Gasteiger partial charge in [0.25, 0.3) is 0 Å². The number of para-hydroxylation sites is 1. The van der Waals surface area contributed by atoms with E-state index < -0.39 is 0 Å². The number of aliphatic hydroxyl groups is 1. The maximum atomic E-state index is 9.14. The van der Waals surface area contributed by atoms with Crippen molar-refractivity contribution < 1.29 is 5.11 Å². The molecule has 0 aliphatic carbocycles. The van der Waals surface area contributed by atoms with E-state index >= 15 is 0 Å². The Bertz CT molecular complexity index is 721. The summed E-state index contributed by atoms with van der Waals surface area (Å²) in [6.45, 7) is 6.90. The molecular formula is C20H29N5O. The van der Waals surface area contributed by atoms with Crippen LogP contribution in [0.3, 0.4) is 0 Å². The van der Waals surface area contributed by atoms with Gasteiger partial charge in [-0.3, -0.25) is 4.90 Å². The molecule has 2 saturated heterocycles. The monoisotopic (exact) mass is 355 g/mol. The van der Waals surface area contributed by atoms with Crippen molar-refractivity contribution in [2.45, 2.75) is 25.7 Å². The number of aliphatic hydroxyl groups excluding tert-OH is 1. The minimum absolute atomic E-state index is 0.228. The largest absolute Gasteiger partial charge is 0.395 e. The van der Waals surface area contributed by atoms with Crippen LogP contribution in [-0.4, -0.2) is 72.4 Å². The van der Waals surface area contributed by atoms with Crippen molar-refractivity contribution >= 4 is 22.7 Å². The molecule has 6 nitrogen and oxygen atoms in total. The highest BCUT2D eigenvalue weighted by Gasteiger charge is 2.22. The molecule has 26 heavy (non-hydrogen) atoms. The Balaban J connectivity index is 1.63. The summed E-state index contributed by atoms with van der Waals surface area (Å²) < 4.78 is 0. The summed E-state index contributed by atoms with van der Waals surface area (Å²) in [6, 6.07) is 8.40. The third-order valence-corrected chi connectivity index (χ3v) is 5.55. The number of anilines is 2. The lowest BCUT2D eigenvalue weighted by Gasteiger charge is -2.35. The Labute approximate surface area is 155 Å². The summed E-state index contributed by atoms with van der Waals surface area (Å²) in [4.78, 5) is 17.0. The number of hydrogen-bond acceptors (Lipinski definition) is 6. The third-order valence-electron chi connectivity index (χ3n) is 5.55. The van der Waals surface area contributed by atoms with Crippen LogP contribution in [0.5, 0.6) is 0 Å². The Kier molecular flexibility index (Phi) is 5.51. The molecule has 0 amide bonds. The van der Waals surface area contributed by atoms with Crippen molar-refractivity contribution in [1.82, 2.24) is 14.9 Å². The predicted molar refractivity (Wildman–Crippen MR) is 106 cm³/mol. The van der Waals surface area contributed by atoms with E-state index in [2.05, 4.69) is 39.0 Å². The van der Waals surface area contributed by atoms with Gasteiger partial charge in [-0.05, 0) is 25.0 Å². The Hall–Kier alpha value is -1.92. The van der Waals surface area contributed by atoms with Crippen LogP contribution in [0.15, 0.2) is 24.3 Å². The quantitative estimate of drug-likeness (QED) is 0.907. The van der Waals surface area contributed by atoms with Crippen molar-refractivity contribution in [3.8, 4) is 0 Å². The van der Waals surface area contributed by atoms with Gasteiger partial charge in [0.2, 0.25) is 5.95 Å². The smallest absolute Gasteiger partial charge is 0.227 e. The lowest BCUT2D eigenvalue weighted by Crippen LogP contribution is -2.47. The average molecular weight is 355 g/mol. The first-order valence-electron chi connectivity index (χ1n) is 9.95. The molecule has 3 heterocycles. The first-order valence-corrected chi connectivity index (χ1v) is 9.95. The zero-order chi connectivity index (χ0) is 17.8. The van der Waals surface area contributed by atoms with Gasteiger partial charge in [0.15, 0.2) is 0 Å². The van der Waals surface area contributed by atoms with Crippen molar-refractivity contribution in [1.29, 1.82) is 0 Å². The fraction of sp³-hybridized carbons (Fsp3) is 0.600. The zero-order valence-electron chi connectivity index (χ0n) is 15.5. The van der Waals surface area contributed by atoms with Crippen LogP contribution in [-0.2, 0) is 0 Å². The second kappa shape index (κ2) is 8.18. The van der Waals surface area contributed by atoms with E-state index in [4.69, 9.17) is 15.1 Å². The normalized spacial score (nSPS) is 19.7. The molecule has 6 heteroatoms. The first kappa shape index (κ1) is 17.5. The minimum Gasteiger partial charge on any atom is -0.395 e. The van der Waals surface area contributed by atoms with Crippen LogP contribution in [0, 0.1) is 0 Å². The molecule has 0 bridgehead atoms. The number of hydrogen-bond donors (Lipinski definition) is 1. The molecule has 4 rings (SSSR count). The number of fused-ring (bicyclic) bond motifs is 1. The van der Waals surface area contributed by atoms with Gasteiger partial charge in [-0.15, -0.1) is 0 Å². The van der Waals surface area contributed by atoms with Crippen LogP contribution in [0.1, 0.15) is 25.7 Å². The van der Waals surface area contributed by atoms with E-state index in [-0.39, 0.29) is 6.61 Å². The molecule has 1 aromatic heterocycles. The molecule has 140 valence electrons. The number of piperazine rings is 1. The molecule has 1 N–H and O–H groups in total. The van der Waals surface area contributed by atoms with Crippen LogP contribution in [0.25, 0.3) is 10.9 Å². The molecule has 0 radical (unpaired) electrons. The van der Waals surface area contributed by atoms with E-state index in [1.54, 1.807) is 0 Å². The van der Waals surface area contributed by atoms with E-state index in [1.165, 1.54) is 25.7 Å². The van der Waals surface area contributed by atoms with Gasteiger partial charge in [-0.1, -0.05) is 25.0 Å². The molecule has 2 aliphatic rings. The molecular weight excluding hydrogens is 326 g/mol. The van der Waals surface area contributed by atoms with Crippen molar-refractivity contribution in [3.63, 3.8) is 0 Å². The average Bonchev–Trinajstić information content (AvgIpc) is 2.97. The highest BCUT2D eigenvalue weighted by Crippen LogP contribution is 2.28. The molecule has 0 saturated carbocycles. The Morgan fingerprint density at radius 2 is 1.54 bits per heavy atom. The number of benzene rings is 1. The van der Waals surface area contributed by atoms with Crippen LogP contribution in [0.4, 0.5) is 11.8 Å². The standard InChI is InChI=1S/C20H29N5O/c26-16-15-23-11-13-25(14-12-23)20-21-18-8-4-3-7-17(18)19(22-20)24-9-5-1-2-6-10-24/h3-4,7-8,26H,1-2,5-6,9-16H2.